The van der Waals surface area contributed by atoms with Gasteiger partial charge in [-0.1, -0.05) is 29.8 Å². The topological polar surface area (TPSA) is 115 Å². The largest absolute Gasteiger partial charge is 0.477 e. The van der Waals surface area contributed by atoms with Crippen molar-refractivity contribution < 1.29 is 31.7 Å². The van der Waals surface area contributed by atoms with Crippen LogP contribution in [0.5, 0.6) is 0 Å². The lowest BCUT2D eigenvalue weighted by molar-refractivity contribution is -0.00569. The van der Waals surface area contributed by atoms with Crippen LogP contribution < -0.4 is 10.7 Å². The molecule has 230 valence electrons. The van der Waals surface area contributed by atoms with E-state index in [1.165, 1.54) is 18.5 Å². The Morgan fingerprint density at radius 1 is 1.07 bits per heavy atom. The number of pyridine rings is 2. The third-order valence-electron chi connectivity index (χ3n) is 6.34. The number of phosphoric acid groups is 1. The molecule has 0 saturated carbocycles. The summed E-state index contributed by atoms with van der Waals surface area (Å²) >= 11 is 6.16. The summed E-state index contributed by atoms with van der Waals surface area (Å²) in [6, 6.07) is 13.7. The first-order valence-electron chi connectivity index (χ1n) is 13.8. The van der Waals surface area contributed by atoms with Crippen LogP contribution in [0.25, 0.3) is 21.8 Å². The molecule has 1 fully saturated rings. The van der Waals surface area contributed by atoms with Gasteiger partial charge in [0.25, 0.3) is 0 Å². The van der Waals surface area contributed by atoms with Gasteiger partial charge in [0.2, 0.25) is 0 Å². The summed E-state index contributed by atoms with van der Waals surface area (Å²) in [5.74, 6) is 0. The number of phosphoric ester groups is 1. The molecule has 1 aliphatic heterocycles. The van der Waals surface area contributed by atoms with Crippen LogP contribution in [0.2, 0.25) is 5.02 Å². The molecule has 0 amide bonds. The maximum absolute atomic E-state index is 13.9. The van der Waals surface area contributed by atoms with E-state index >= 15 is 0 Å². The molecular formula is C30H35ClN2O8P2. The smallest absolute Gasteiger partial charge is 0.321 e. The maximum atomic E-state index is 13.9. The zero-order valence-corrected chi connectivity index (χ0v) is 27.4. The van der Waals surface area contributed by atoms with Gasteiger partial charge in [0, 0.05) is 40.7 Å². The van der Waals surface area contributed by atoms with Gasteiger partial charge in [0.15, 0.2) is 5.43 Å². The Kier molecular flexibility index (Phi) is 8.82. The van der Waals surface area contributed by atoms with E-state index in [0.717, 1.165) is 5.56 Å². The van der Waals surface area contributed by atoms with Crippen molar-refractivity contribution in [3.8, 4) is 0 Å². The summed E-state index contributed by atoms with van der Waals surface area (Å²) in [4.78, 5) is 17.4. The molecule has 1 saturated heterocycles. The monoisotopic (exact) mass is 648 g/mol. The molecule has 0 bridgehead atoms. The number of nitrogens with zero attached hydrogens (tertiary/aromatic N) is 2. The van der Waals surface area contributed by atoms with Gasteiger partial charge in [-0.3, -0.25) is 32.4 Å². The van der Waals surface area contributed by atoms with Crippen molar-refractivity contribution in [2.45, 2.75) is 72.0 Å². The third kappa shape index (κ3) is 7.47. The fourth-order valence-corrected chi connectivity index (χ4v) is 8.40. The molecule has 0 aliphatic carbocycles. The van der Waals surface area contributed by atoms with E-state index in [2.05, 4.69) is 4.98 Å². The first kappa shape index (κ1) is 32.0. The zero-order chi connectivity index (χ0) is 31.2. The van der Waals surface area contributed by atoms with Crippen LogP contribution in [0.1, 0.15) is 59.6 Å². The van der Waals surface area contributed by atoms with Gasteiger partial charge in [-0.25, -0.2) is 4.57 Å². The van der Waals surface area contributed by atoms with Crippen LogP contribution in [0.4, 0.5) is 0 Å². The minimum atomic E-state index is -4.05. The summed E-state index contributed by atoms with van der Waals surface area (Å²) in [6.07, 6.45) is 3.02. The Bertz CT molecular complexity index is 1810. The fraction of sp³-hybridized carbons (Fsp3) is 0.400. The molecule has 2 aromatic heterocycles. The lowest BCUT2D eigenvalue weighted by Gasteiger charge is -2.31. The van der Waals surface area contributed by atoms with Crippen LogP contribution >= 0.6 is 27.0 Å². The second-order valence-corrected chi connectivity index (χ2v) is 16.2. The minimum Gasteiger partial charge on any atom is -0.321 e. The number of aromatic nitrogens is 2. The maximum Gasteiger partial charge on any atom is 0.477 e. The highest BCUT2D eigenvalue weighted by atomic mass is 35.5. The molecule has 2 aromatic carbocycles. The molecular weight excluding hydrogens is 614 g/mol. The normalized spacial score (nSPS) is 20.1. The second-order valence-electron chi connectivity index (χ2n) is 12.3. The Morgan fingerprint density at radius 2 is 1.79 bits per heavy atom. The number of hydrogen-bond acceptors (Lipinski definition) is 9. The fourth-order valence-electron chi connectivity index (χ4n) is 4.72. The van der Waals surface area contributed by atoms with Gasteiger partial charge < -0.3 is 9.09 Å². The van der Waals surface area contributed by atoms with E-state index < -0.39 is 32.7 Å². The first-order chi connectivity index (χ1) is 20.0. The molecule has 2 atom stereocenters. The third-order valence-corrected chi connectivity index (χ3v) is 10.5. The van der Waals surface area contributed by atoms with E-state index in [4.69, 9.17) is 34.2 Å². The Labute approximate surface area is 255 Å². The van der Waals surface area contributed by atoms with Gasteiger partial charge in [-0.2, -0.15) is 0 Å². The number of hydrogen-bond donors (Lipinski definition) is 0. The predicted octanol–water partition coefficient (Wildman–Crippen LogP) is 7.91. The van der Waals surface area contributed by atoms with Gasteiger partial charge in [0.05, 0.1) is 40.3 Å². The summed E-state index contributed by atoms with van der Waals surface area (Å²) in [6.45, 7) is 10.5. The molecule has 1 aliphatic rings. The van der Waals surface area contributed by atoms with Crippen LogP contribution in [-0.4, -0.2) is 27.4 Å². The molecule has 3 heterocycles. The molecule has 5 rings (SSSR count). The highest BCUT2D eigenvalue weighted by Gasteiger charge is 2.38. The van der Waals surface area contributed by atoms with Crippen LogP contribution in [0.15, 0.2) is 65.7 Å². The molecule has 0 radical (unpaired) electrons. The van der Waals surface area contributed by atoms with Crippen molar-refractivity contribution in [1.29, 1.82) is 0 Å². The Morgan fingerprint density at radius 3 is 2.47 bits per heavy atom. The lowest BCUT2D eigenvalue weighted by Crippen LogP contribution is -2.25. The molecule has 0 spiro atoms. The van der Waals surface area contributed by atoms with Crippen LogP contribution in [0, 0.1) is 0 Å². The first-order valence-corrected chi connectivity index (χ1v) is 17.2. The average molecular weight is 649 g/mol. The van der Waals surface area contributed by atoms with E-state index in [0.29, 0.717) is 33.2 Å². The SMILES string of the molecule is CC(C)(C)OP(=O)(OCn1ccc(=O)c2ccc3cc(P4(=O)OCC[C@@H](c5cccc(Cl)c5)O4)cnc3c21)OC(C)(C)C. The van der Waals surface area contributed by atoms with Crippen molar-refractivity contribution in [1.82, 2.24) is 9.55 Å². The van der Waals surface area contributed by atoms with E-state index in [9.17, 15) is 13.9 Å². The number of fused-ring (bicyclic) bond motifs is 3. The highest BCUT2D eigenvalue weighted by Crippen LogP contribution is 2.56. The molecule has 0 N–H and O–H groups in total. The minimum absolute atomic E-state index is 0.227. The number of rotatable bonds is 7. The predicted molar refractivity (Wildman–Crippen MR) is 167 cm³/mol. The summed E-state index contributed by atoms with van der Waals surface area (Å²) in [5, 5.41) is 1.81. The Balaban J connectivity index is 1.51. The van der Waals surface area contributed by atoms with Crippen molar-refractivity contribution in [2.24, 2.45) is 0 Å². The molecule has 1 unspecified atom stereocenters. The van der Waals surface area contributed by atoms with Gasteiger partial charge >= 0.3 is 15.4 Å². The molecule has 4 aromatic rings. The van der Waals surface area contributed by atoms with Crippen molar-refractivity contribution in [3.63, 3.8) is 0 Å². The van der Waals surface area contributed by atoms with Crippen LogP contribution in [-0.2, 0) is 38.5 Å². The van der Waals surface area contributed by atoms with Gasteiger partial charge in [0.1, 0.15) is 6.73 Å². The standard InChI is InChI=1S/C30H35ClN2O8P2/c1-29(2,3)40-43(36,41-30(4,5)6)38-19-33-14-12-25(34)24-11-10-21-17-23(18-32-27(21)28(24)33)42(35)37-15-13-26(39-42)20-8-7-9-22(31)16-20/h7-12,14,16-18,26H,13,15,19H2,1-6H3/t26-,42?/m0/s1. The summed E-state index contributed by atoms with van der Waals surface area (Å²) < 4.78 is 58.2. The highest BCUT2D eigenvalue weighted by molar-refractivity contribution is 7.62. The molecule has 43 heavy (non-hydrogen) atoms. The second kappa shape index (κ2) is 11.8. The van der Waals surface area contributed by atoms with Gasteiger partial charge in [-0.05, 0) is 71.4 Å². The molecule has 10 nitrogen and oxygen atoms in total. The van der Waals surface area contributed by atoms with Crippen molar-refractivity contribution in [3.05, 3.63) is 81.7 Å². The van der Waals surface area contributed by atoms with E-state index in [1.54, 1.807) is 76.4 Å². The quantitative estimate of drug-likeness (QED) is 0.146. The number of halogens is 1. The average Bonchev–Trinajstić information content (AvgIpc) is 2.90. The van der Waals surface area contributed by atoms with E-state index in [-0.39, 0.29) is 24.1 Å². The Hall–Kier alpha value is -2.39. The number of benzene rings is 2. The zero-order valence-electron chi connectivity index (χ0n) is 24.9. The van der Waals surface area contributed by atoms with Crippen molar-refractivity contribution in [2.75, 3.05) is 6.61 Å². The van der Waals surface area contributed by atoms with Crippen LogP contribution in [0.3, 0.4) is 0 Å². The molecule has 13 heteroatoms. The lowest BCUT2D eigenvalue weighted by atomic mass is 10.1. The van der Waals surface area contributed by atoms with Crippen molar-refractivity contribution >= 4 is 54.1 Å². The van der Waals surface area contributed by atoms with E-state index in [1.807, 2.05) is 12.1 Å². The summed E-state index contributed by atoms with van der Waals surface area (Å²) in [5.41, 5.74) is -0.165. The van der Waals surface area contributed by atoms with Gasteiger partial charge in [-0.15, -0.1) is 0 Å². The summed E-state index contributed by atoms with van der Waals surface area (Å²) in [7, 11) is -7.78.